The average molecular weight is 525 g/mol. The molecule has 36 heavy (non-hydrogen) atoms. The number of benzene rings is 2. The first kappa shape index (κ1) is 25.7. The third kappa shape index (κ3) is 5.39. The van der Waals surface area contributed by atoms with Crippen LogP contribution in [0.5, 0.6) is 5.75 Å². The second-order valence-electron chi connectivity index (χ2n) is 8.28. The van der Waals surface area contributed by atoms with Crippen molar-refractivity contribution in [1.29, 1.82) is 0 Å². The van der Waals surface area contributed by atoms with Gasteiger partial charge in [0.25, 0.3) is 0 Å². The Kier molecular flexibility index (Phi) is 7.10. The number of aliphatic carboxylic acids is 1. The Morgan fingerprint density at radius 3 is 2.44 bits per heavy atom. The molecule has 3 aromatic rings. The Morgan fingerprint density at radius 2 is 1.83 bits per heavy atom. The summed E-state index contributed by atoms with van der Waals surface area (Å²) in [6.45, 7) is 2.04. The molecule has 1 saturated heterocycles. The van der Waals surface area contributed by atoms with Crippen LogP contribution in [0.3, 0.4) is 0 Å². The van der Waals surface area contributed by atoms with Gasteiger partial charge in [0.05, 0.1) is 22.8 Å². The molecule has 8 nitrogen and oxygen atoms in total. The minimum atomic E-state index is -4.43. The summed E-state index contributed by atoms with van der Waals surface area (Å²) < 4.78 is 76.2. The van der Waals surface area contributed by atoms with E-state index in [4.69, 9.17) is 9.15 Å². The lowest BCUT2D eigenvalue weighted by molar-refractivity contribution is -0.140. The first-order valence-corrected chi connectivity index (χ1v) is 12.5. The van der Waals surface area contributed by atoms with Crippen molar-refractivity contribution in [3.8, 4) is 17.2 Å². The highest BCUT2D eigenvalue weighted by atomic mass is 32.2. The molecule has 1 aromatic heterocycles. The molecule has 0 unspecified atom stereocenters. The molecule has 0 spiro atoms. The number of rotatable bonds is 8. The van der Waals surface area contributed by atoms with Crippen molar-refractivity contribution >= 4 is 16.0 Å². The molecule has 1 fully saturated rings. The number of sulfonamides is 1. The number of hydrogen-bond donors (Lipinski definition) is 1. The summed E-state index contributed by atoms with van der Waals surface area (Å²) in [5.74, 6) is -0.0455. The molecule has 0 aliphatic carbocycles. The van der Waals surface area contributed by atoms with Gasteiger partial charge in [0.2, 0.25) is 15.9 Å². The summed E-state index contributed by atoms with van der Waals surface area (Å²) in [6.07, 6.45) is -3.31. The second-order valence-corrected chi connectivity index (χ2v) is 10.2. The van der Waals surface area contributed by atoms with Gasteiger partial charge in [-0.2, -0.15) is 17.5 Å². The molecule has 1 N–H and O–H groups in total. The first-order valence-electron chi connectivity index (χ1n) is 11.1. The third-order valence-electron chi connectivity index (χ3n) is 5.88. The van der Waals surface area contributed by atoms with Crippen LogP contribution in [-0.2, 0) is 27.4 Å². The van der Waals surface area contributed by atoms with Crippen molar-refractivity contribution in [2.75, 3.05) is 13.2 Å². The summed E-state index contributed by atoms with van der Waals surface area (Å²) in [6, 6.07) is 9.17. The van der Waals surface area contributed by atoms with E-state index < -0.39 is 33.8 Å². The topological polar surface area (TPSA) is 110 Å². The van der Waals surface area contributed by atoms with E-state index in [0.29, 0.717) is 35.6 Å². The summed E-state index contributed by atoms with van der Waals surface area (Å²) in [5, 5.41) is 9.28. The molecule has 0 saturated carbocycles. The predicted molar refractivity (Wildman–Crippen MR) is 122 cm³/mol. The van der Waals surface area contributed by atoms with Gasteiger partial charge in [0.15, 0.2) is 0 Å². The molecule has 0 amide bonds. The van der Waals surface area contributed by atoms with Crippen molar-refractivity contribution in [2.45, 2.75) is 43.3 Å². The maximum atomic E-state index is 12.8. The third-order valence-corrected chi connectivity index (χ3v) is 7.80. The van der Waals surface area contributed by atoms with Crippen molar-refractivity contribution < 1.29 is 40.6 Å². The fraction of sp³-hybridized carbons (Fsp3) is 0.333. The van der Waals surface area contributed by atoms with Gasteiger partial charge in [0.1, 0.15) is 17.6 Å². The number of halogens is 3. The van der Waals surface area contributed by atoms with Crippen molar-refractivity contribution in [2.24, 2.45) is 0 Å². The second kappa shape index (κ2) is 9.94. The Bertz CT molecular complexity index is 1340. The van der Waals surface area contributed by atoms with Crippen LogP contribution < -0.4 is 4.74 Å². The Morgan fingerprint density at radius 1 is 1.17 bits per heavy atom. The first-order chi connectivity index (χ1) is 17.0. The number of oxazole rings is 1. The molecule has 0 radical (unpaired) electrons. The predicted octanol–water partition coefficient (Wildman–Crippen LogP) is 4.53. The minimum absolute atomic E-state index is 0.0171. The number of carboxylic acid groups (broad SMARTS) is 1. The largest absolute Gasteiger partial charge is 0.493 e. The fourth-order valence-electron chi connectivity index (χ4n) is 3.97. The maximum absolute atomic E-state index is 12.8. The number of alkyl halides is 3. The number of hydrogen-bond acceptors (Lipinski definition) is 6. The Balaban J connectivity index is 1.37. The normalized spacial score (nSPS) is 16.8. The zero-order valence-corrected chi connectivity index (χ0v) is 20.0. The molecular formula is C24H23F3N2O6S. The van der Waals surface area contributed by atoms with E-state index in [1.807, 2.05) is 0 Å². The van der Waals surface area contributed by atoms with Gasteiger partial charge in [-0.25, -0.2) is 13.4 Å². The lowest BCUT2D eigenvalue weighted by Crippen LogP contribution is -2.40. The van der Waals surface area contributed by atoms with Crippen LogP contribution in [-0.4, -0.2) is 48.0 Å². The molecule has 192 valence electrons. The molecular weight excluding hydrogens is 501 g/mol. The molecule has 2 aromatic carbocycles. The minimum Gasteiger partial charge on any atom is -0.493 e. The smallest absolute Gasteiger partial charge is 0.416 e. The number of nitrogens with zero attached hydrogens (tertiary/aromatic N) is 2. The van der Waals surface area contributed by atoms with Gasteiger partial charge in [-0.05, 0) is 68.3 Å². The highest BCUT2D eigenvalue weighted by Gasteiger charge is 2.39. The monoisotopic (exact) mass is 524 g/mol. The van der Waals surface area contributed by atoms with Crippen molar-refractivity contribution in [1.82, 2.24) is 9.29 Å². The van der Waals surface area contributed by atoms with Crippen LogP contribution in [0.4, 0.5) is 13.2 Å². The number of aromatic nitrogens is 1. The van der Waals surface area contributed by atoms with Crippen LogP contribution in [0.25, 0.3) is 11.5 Å². The quantitative estimate of drug-likeness (QED) is 0.461. The van der Waals surface area contributed by atoms with E-state index in [1.54, 1.807) is 6.92 Å². The highest BCUT2D eigenvalue weighted by Crippen LogP contribution is 2.31. The van der Waals surface area contributed by atoms with Gasteiger partial charge in [-0.15, -0.1) is 0 Å². The van der Waals surface area contributed by atoms with Gasteiger partial charge in [-0.3, -0.25) is 4.79 Å². The van der Waals surface area contributed by atoms with Crippen molar-refractivity contribution in [3.63, 3.8) is 0 Å². The number of ether oxygens (including phenoxy) is 1. The van der Waals surface area contributed by atoms with Gasteiger partial charge >= 0.3 is 12.1 Å². The average Bonchev–Trinajstić information content (AvgIpc) is 3.47. The van der Waals surface area contributed by atoms with E-state index in [-0.39, 0.29) is 30.4 Å². The molecule has 12 heteroatoms. The lowest BCUT2D eigenvalue weighted by atomic mass is 10.1. The number of carbonyl (C=O) groups is 1. The van der Waals surface area contributed by atoms with Gasteiger partial charge in [-0.1, -0.05) is 0 Å². The lowest BCUT2D eigenvalue weighted by Gasteiger charge is -2.21. The van der Waals surface area contributed by atoms with E-state index >= 15 is 0 Å². The van der Waals surface area contributed by atoms with E-state index in [1.165, 1.54) is 36.4 Å². The molecule has 1 atom stereocenters. The number of carboxylic acids is 1. The van der Waals surface area contributed by atoms with Crippen LogP contribution in [0, 0.1) is 6.92 Å². The molecule has 1 aliphatic rings. The Labute approximate surface area is 205 Å². The summed E-state index contributed by atoms with van der Waals surface area (Å²) in [7, 11) is -3.94. The van der Waals surface area contributed by atoms with Crippen LogP contribution >= 0.6 is 0 Å². The Hall–Kier alpha value is -3.38. The molecule has 2 heterocycles. The molecule has 4 rings (SSSR count). The van der Waals surface area contributed by atoms with Crippen LogP contribution in [0.15, 0.2) is 57.8 Å². The standard InChI is InChI=1S/C24H23F3N2O6S/c1-15-20(28-22(35-15)16-4-6-17(7-5-16)24(25,26)27)12-14-34-18-8-10-19(11-9-18)36(32,33)29-13-2-3-21(29)23(30)31/h4-11,21H,2-3,12-14H2,1H3,(H,30,31)/t21-/m1/s1. The molecule has 1 aliphatic heterocycles. The van der Waals surface area contributed by atoms with Gasteiger partial charge < -0.3 is 14.3 Å². The maximum Gasteiger partial charge on any atom is 0.416 e. The zero-order chi connectivity index (χ0) is 26.1. The summed E-state index contributed by atoms with van der Waals surface area (Å²) >= 11 is 0. The van der Waals surface area contributed by atoms with Gasteiger partial charge in [0, 0.05) is 18.5 Å². The van der Waals surface area contributed by atoms with Crippen molar-refractivity contribution in [3.05, 3.63) is 65.5 Å². The van der Waals surface area contributed by atoms with Crippen LogP contribution in [0.2, 0.25) is 0 Å². The zero-order valence-electron chi connectivity index (χ0n) is 19.2. The van der Waals surface area contributed by atoms with Crippen LogP contribution in [0.1, 0.15) is 29.9 Å². The summed E-state index contributed by atoms with van der Waals surface area (Å²) in [5.41, 5.74) is 0.236. The van der Waals surface area contributed by atoms with E-state index in [2.05, 4.69) is 4.98 Å². The number of aryl methyl sites for hydroxylation is 1. The summed E-state index contributed by atoms with van der Waals surface area (Å²) in [4.78, 5) is 15.7. The van der Waals surface area contributed by atoms with E-state index in [0.717, 1.165) is 16.4 Å². The highest BCUT2D eigenvalue weighted by molar-refractivity contribution is 7.89. The van der Waals surface area contributed by atoms with E-state index in [9.17, 15) is 31.5 Å². The fourth-order valence-corrected chi connectivity index (χ4v) is 5.62. The SMILES string of the molecule is Cc1oc(-c2ccc(C(F)(F)F)cc2)nc1CCOc1ccc(S(=O)(=O)N2CCC[C@@H]2C(=O)O)cc1. The molecule has 0 bridgehead atoms.